The van der Waals surface area contributed by atoms with Crippen LogP contribution in [0.1, 0.15) is 0 Å². The molecule has 0 amide bonds. The van der Waals surface area contributed by atoms with Crippen LogP contribution in [0.5, 0.6) is 0 Å². The molecule has 4 aromatic heterocycles. The summed E-state index contributed by atoms with van der Waals surface area (Å²) in [5.41, 5.74) is 16.1. The Labute approximate surface area is 396 Å². The maximum atomic E-state index is 6.58. The van der Waals surface area contributed by atoms with E-state index >= 15 is 0 Å². The fourth-order valence-corrected chi connectivity index (χ4v) is 10.2. The van der Waals surface area contributed by atoms with Crippen molar-refractivity contribution in [2.24, 2.45) is 0 Å². The standard InChI is InChI=1S/C63H38N4O2/c1-3-14-39(15-4-1)43-18-11-19-46(36-43)67-54-25-9-7-20-48(54)52-37-44(32-34-55(52)67)45-33-35-57-53(38-45)59-51(24-13-27-58(59)68-57)63-65-61(41-16-5-2-6-17-41)64-62(66-63)42-30-28-40(29-31-42)47-22-12-23-50-49-21-8-10-26-56(49)69-60(47)50/h1-38H. The monoisotopic (exact) mass is 882 g/mol. The highest BCUT2D eigenvalue weighted by Gasteiger charge is 2.20. The molecule has 0 saturated heterocycles. The Morgan fingerprint density at radius 2 is 0.826 bits per heavy atom. The Morgan fingerprint density at radius 1 is 0.290 bits per heavy atom. The molecule has 0 aliphatic carbocycles. The Bertz CT molecular complexity index is 4300. The average molecular weight is 883 g/mol. The fourth-order valence-electron chi connectivity index (χ4n) is 10.2. The van der Waals surface area contributed by atoms with Gasteiger partial charge >= 0.3 is 0 Å². The Morgan fingerprint density at radius 3 is 1.65 bits per heavy atom. The molecule has 0 radical (unpaired) electrons. The maximum absolute atomic E-state index is 6.58. The van der Waals surface area contributed by atoms with Gasteiger partial charge in [-0.05, 0) is 82.4 Å². The van der Waals surface area contributed by atoms with E-state index in [-0.39, 0.29) is 0 Å². The number of furan rings is 2. The summed E-state index contributed by atoms with van der Waals surface area (Å²) in [6.45, 7) is 0. The first-order valence-corrected chi connectivity index (χ1v) is 23.2. The van der Waals surface area contributed by atoms with Crippen molar-refractivity contribution in [1.82, 2.24) is 19.5 Å². The molecule has 0 atom stereocenters. The van der Waals surface area contributed by atoms with Crippen molar-refractivity contribution in [2.45, 2.75) is 0 Å². The summed E-state index contributed by atoms with van der Waals surface area (Å²) >= 11 is 0. The molecule has 0 fully saturated rings. The lowest BCUT2D eigenvalue weighted by Gasteiger charge is -2.11. The van der Waals surface area contributed by atoms with Gasteiger partial charge in [-0.15, -0.1) is 0 Å². The largest absolute Gasteiger partial charge is 0.456 e. The molecule has 6 heteroatoms. The molecule has 0 unspecified atom stereocenters. The molecule has 14 rings (SSSR count). The predicted octanol–water partition coefficient (Wildman–Crippen LogP) is 16.8. The highest BCUT2D eigenvalue weighted by Crippen LogP contribution is 2.41. The van der Waals surface area contributed by atoms with Gasteiger partial charge in [0.2, 0.25) is 0 Å². The summed E-state index contributed by atoms with van der Waals surface area (Å²) in [7, 11) is 0. The van der Waals surface area contributed by atoms with Crippen molar-refractivity contribution in [1.29, 1.82) is 0 Å². The zero-order valence-electron chi connectivity index (χ0n) is 37.0. The molecule has 322 valence electrons. The van der Waals surface area contributed by atoms with Gasteiger partial charge in [0.15, 0.2) is 17.5 Å². The zero-order valence-corrected chi connectivity index (χ0v) is 37.0. The highest BCUT2D eigenvalue weighted by atomic mass is 16.3. The van der Waals surface area contributed by atoms with E-state index in [0.717, 1.165) is 94.0 Å². The molecule has 0 bridgehead atoms. The van der Waals surface area contributed by atoms with Crippen molar-refractivity contribution in [3.8, 4) is 73.2 Å². The molecule has 0 saturated carbocycles. The van der Waals surface area contributed by atoms with Crippen LogP contribution in [0, 0.1) is 0 Å². The average Bonchev–Trinajstić information content (AvgIpc) is 4.11. The topological polar surface area (TPSA) is 69.9 Å². The Balaban J connectivity index is 0.881. The lowest BCUT2D eigenvalue weighted by molar-refractivity contribution is 0.669. The van der Waals surface area contributed by atoms with Gasteiger partial charge in [0.05, 0.1) is 11.0 Å². The molecular formula is C63H38N4O2. The van der Waals surface area contributed by atoms with Gasteiger partial charge in [0, 0.05) is 60.3 Å². The van der Waals surface area contributed by atoms with E-state index in [2.05, 4.69) is 174 Å². The number of hydrogen-bond donors (Lipinski definition) is 0. The zero-order chi connectivity index (χ0) is 45.4. The van der Waals surface area contributed by atoms with E-state index in [0.29, 0.717) is 17.5 Å². The number of rotatable bonds is 7. The number of para-hydroxylation sites is 3. The van der Waals surface area contributed by atoms with Crippen LogP contribution in [0.15, 0.2) is 239 Å². The predicted molar refractivity (Wildman–Crippen MR) is 281 cm³/mol. The van der Waals surface area contributed by atoms with Crippen molar-refractivity contribution in [2.75, 3.05) is 0 Å². The lowest BCUT2D eigenvalue weighted by atomic mass is 9.99. The smallest absolute Gasteiger partial charge is 0.164 e. The second-order valence-corrected chi connectivity index (χ2v) is 17.5. The van der Waals surface area contributed by atoms with E-state index in [9.17, 15) is 0 Å². The molecule has 14 aromatic rings. The summed E-state index contributed by atoms with van der Waals surface area (Å²) in [6.07, 6.45) is 0. The second kappa shape index (κ2) is 15.6. The molecule has 4 heterocycles. The van der Waals surface area contributed by atoms with Crippen molar-refractivity contribution in [3.63, 3.8) is 0 Å². The van der Waals surface area contributed by atoms with Crippen LogP contribution in [-0.4, -0.2) is 19.5 Å². The summed E-state index contributed by atoms with van der Waals surface area (Å²) in [5.74, 6) is 1.74. The number of hydrogen-bond acceptors (Lipinski definition) is 5. The molecule has 0 N–H and O–H groups in total. The number of fused-ring (bicyclic) bond motifs is 9. The van der Waals surface area contributed by atoms with Crippen LogP contribution in [-0.2, 0) is 0 Å². The number of nitrogens with zero attached hydrogens (tertiary/aromatic N) is 4. The fraction of sp³-hybridized carbons (Fsp3) is 0. The van der Waals surface area contributed by atoms with Gasteiger partial charge in [0.1, 0.15) is 22.3 Å². The van der Waals surface area contributed by atoms with Gasteiger partial charge in [-0.2, -0.15) is 0 Å². The highest BCUT2D eigenvalue weighted by molar-refractivity contribution is 6.14. The van der Waals surface area contributed by atoms with Gasteiger partial charge in [-0.1, -0.05) is 176 Å². The minimum Gasteiger partial charge on any atom is -0.456 e. The molecule has 6 nitrogen and oxygen atoms in total. The minimum atomic E-state index is 0.569. The van der Waals surface area contributed by atoms with Crippen molar-refractivity contribution in [3.05, 3.63) is 231 Å². The third-order valence-electron chi connectivity index (χ3n) is 13.5. The van der Waals surface area contributed by atoms with Crippen LogP contribution >= 0.6 is 0 Å². The summed E-state index contributed by atoms with van der Waals surface area (Å²) in [5, 5.41) is 6.55. The molecule has 0 aliphatic rings. The van der Waals surface area contributed by atoms with Gasteiger partial charge in [-0.3, -0.25) is 0 Å². The van der Waals surface area contributed by atoms with Crippen molar-refractivity contribution >= 4 is 65.7 Å². The summed E-state index contributed by atoms with van der Waals surface area (Å²) in [6, 6.07) is 80.5. The summed E-state index contributed by atoms with van der Waals surface area (Å²) in [4.78, 5) is 15.5. The van der Waals surface area contributed by atoms with Gasteiger partial charge in [-0.25, -0.2) is 15.0 Å². The van der Waals surface area contributed by atoms with Gasteiger partial charge in [0.25, 0.3) is 0 Å². The second-order valence-electron chi connectivity index (χ2n) is 17.5. The van der Waals surface area contributed by atoms with E-state index in [1.807, 2.05) is 60.7 Å². The molecular weight excluding hydrogens is 845 g/mol. The lowest BCUT2D eigenvalue weighted by Crippen LogP contribution is -2.00. The van der Waals surface area contributed by atoms with E-state index in [1.165, 1.54) is 27.4 Å². The van der Waals surface area contributed by atoms with E-state index in [1.54, 1.807) is 0 Å². The Hall–Kier alpha value is -9.39. The molecule has 0 aliphatic heterocycles. The first-order chi connectivity index (χ1) is 34.2. The summed E-state index contributed by atoms with van der Waals surface area (Å²) < 4.78 is 15.4. The SMILES string of the molecule is c1ccc(-c2cccc(-n3c4ccccc4c4cc(-c5ccc6oc7cccc(-c8nc(-c9ccccc9)nc(-c9ccc(-c%10cccc%11c%10oc%10ccccc%10%11)cc9)n8)c7c6c5)ccc43)c2)cc1. The first kappa shape index (κ1) is 38.8. The Kier molecular flexibility index (Phi) is 8.79. The first-order valence-electron chi connectivity index (χ1n) is 23.2. The van der Waals surface area contributed by atoms with Gasteiger partial charge < -0.3 is 13.4 Å². The van der Waals surface area contributed by atoms with Crippen LogP contribution in [0.25, 0.3) is 139 Å². The third kappa shape index (κ3) is 6.45. The number of benzene rings is 10. The van der Waals surface area contributed by atoms with Crippen LogP contribution in [0.2, 0.25) is 0 Å². The molecule has 69 heavy (non-hydrogen) atoms. The van der Waals surface area contributed by atoms with Crippen LogP contribution in [0.3, 0.4) is 0 Å². The van der Waals surface area contributed by atoms with E-state index < -0.39 is 0 Å². The number of aromatic nitrogens is 4. The van der Waals surface area contributed by atoms with E-state index in [4.69, 9.17) is 23.8 Å². The normalized spacial score (nSPS) is 11.8. The maximum Gasteiger partial charge on any atom is 0.164 e. The minimum absolute atomic E-state index is 0.569. The van der Waals surface area contributed by atoms with Crippen LogP contribution < -0.4 is 0 Å². The molecule has 0 spiro atoms. The quantitative estimate of drug-likeness (QED) is 0.159. The third-order valence-corrected chi connectivity index (χ3v) is 13.5. The molecule has 10 aromatic carbocycles. The van der Waals surface area contributed by atoms with Crippen LogP contribution in [0.4, 0.5) is 0 Å². The van der Waals surface area contributed by atoms with Crippen molar-refractivity contribution < 1.29 is 8.83 Å².